The molecule has 0 amide bonds. The smallest absolute Gasteiger partial charge is 0.659 e. The fraction of sp³-hybridized carbons (Fsp3) is 0.389. The van der Waals surface area contributed by atoms with Gasteiger partial charge in [0.25, 0.3) is 0 Å². The third-order valence-corrected chi connectivity index (χ3v) is 13.0. The summed E-state index contributed by atoms with van der Waals surface area (Å²) >= 11 is 0. The van der Waals surface area contributed by atoms with Crippen molar-refractivity contribution in [3.8, 4) is 0 Å². The summed E-state index contributed by atoms with van der Waals surface area (Å²) in [6, 6.07) is 0. The van der Waals surface area contributed by atoms with E-state index in [1.54, 1.807) is 0 Å². The van der Waals surface area contributed by atoms with Crippen molar-refractivity contribution in [1.82, 2.24) is 0 Å². The number of nitrogens with zero attached hydrogens (tertiary/aromatic N) is 2. The quantitative estimate of drug-likeness (QED) is 0.191. The molecular formula is C36H56N2Si2Ti2+2. The molecule has 4 aliphatic rings. The van der Waals surface area contributed by atoms with E-state index < -0.39 is 16.5 Å². The summed E-state index contributed by atoms with van der Waals surface area (Å²) in [6.45, 7) is 23.1. The molecule has 6 heteroatoms. The fourth-order valence-electron chi connectivity index (χ4n) is 6.25. The SMILES string of the molecule is CC(C)(C)[N-][Si](C)(C)[C]1[CH][C]2C=CC=C[C]2[C]1CC[C]1[C]2C=CC=C[C]2[CH][C]1[Si](C)(C)[N-]C(C)(C)C.[CH3-].[CH3-].[CH3-].[CH3-].[Ti+4].[Ti+4]. The Morgan fingerprint density at radius 1 is 0.524 bits per heavy atom. The second-order valence-corrected chi connectivity index (χ2v) is 21.2. The van der Waals surface area contributed by atoms with Crippen LogP contribution in [0.3, 0.4) is 0 Å². The number of allylic oxidation sites excluding steroid dienone is 8. The minimum atomic E-state index is -1.99. The van der Waals surface area contributed by atoms with Gasteiger partial charge < -0.3 is 39.7 Å². The van der Waals surface area contributed by atoms with E-state index in [0.717, 1.165) is 12.8 Å². The number of rotatable bonds is 7. The normalized spacial score (nSPS) is 20.9. The first-order valence-electron chi connectivity index (χ1n) is 13.4. The Morgan fingerprint density at radius 2 is 0.810 bits per heavy atom. The molecule has 4 rings (SSSR count). The Labute approximate surface area is 297 Å². The molecule has 42 heavy (non-hydrogen) atoms. The molecule has 0 unspecified atom stereocenters. The van der Waals surface area contributed by atoms with Gasteiger partial charge in [0.2, 0.25) is 0 Å². The first kappa shape index (κ1) is 47.2. The van der Waals surface area contributed by atoms with Crippen molar-refractivity contribution in [2.45, 2.75) is 91.6 Å². The molecule has 0 aromatic heterocycles. The van der Waals surface area contributed by atoms with Crippen LogP contribution in [0.15, 0.2) is 48.6 Å². The van der Waals surface area contributed by atoms with Gasteiger partial charge in [-0.2, -0.15) is 0 Å². The maximum absolute atomic E-state index is 5.39. The monoisotopic (exact) mass is 668 g/mol. The Balaban J connectivity index is -0.00000253. The van der Waals surface area contributed by atoms with Crippen LogP contribution in [0.5, 0.6) is 0 Å². The van der Waals surface area contributed by atoms with Crippen molar-refractivity contribution in [2.75, 3.05) is 0 Å². The van der Waals surface area contributed by atoms with Crippen molar-refractivity contribution in [1.29, 1.82) is 0 Å². The van der Waals surface area contributed by atoms with Crippen LogP contribution < -0.4 is 0 Å². The average Bonchev–Trinajstić information content (AvgIpc) is 3.28. The molecule has 0 heterocycles. The van der Waals surface area contributed by atoms with Crippen LogP contribution in [-0.2, 0) is 43.4 Å². The van der Waals surface area contributed by atoms with E-state index in [0.29, 0.717) is 0 Å². The van der Waals surface area contributed by atoms with Gasteiger partial charge in [-0.15, -0.1) is 11.1 Å². The predicted octanol–water partition coefficient (Wildman–Crippen LogP) is 10.7. The molecule has 0 saturated heterocycles. The summed E-state index contributed by atoms with van der Waals surface area (Å²) in [5.74, 6) is 8.56. The summed E-state index contributed by atoms with van der Waals surface area (Å²) < 4.78 is 0. The maximum Gasteiger partial charge on any atom is 4.00 e. The summed E-state index contributed by atoms with van der Waals surface area (Å²) in [5, 5.41) is 0. The summed E-state index contributed by atoms with van der Waals surface area (Å²) in [6.07, 6.45) is 24.8. The van der Waals surface area contributed by atoms with E-state index in [-0.39, 0.29) is 84.2 Å². The molecule has 0 spiro atoms. The third-order valence-electron chi connectivity index (χ3n) is 6.99. The van der Waals surface area contributed by atoms with Gasteiger partial charge in [-0.3, -0.25) is 0 Å². The van der Waals surface area contributed by atoms with Gasteiger partial charge in [-0.25, -0.2) is 0 Å². The standard InChI is InChI=1S/C32H44N2Si2.4CH3.2Ti/c1-31(2,3)33-35(7,8)29-21-23-15-11-13-17-25(23)27(29)19-20-28-26-18-14-12-16-24(26)22-30(28)36(9,10)34-32(4,5)6;;;;;;/h11-18,21-22H,19-20H2,1-10H3;4*1H3;;/q-2;4*-1;2*+4. The molecule has 0 aliphatic heterocycles. The zero-order valence-corrected chi connectivity index (χ0v) is 34.2. The molecule has 0 bridgehead atoms. The topological polar surface area (TPSA) is 28.2 Å². The average molecular weight is 669 g/mol. The molecule has 2 nitrogen and oxygen atoms in total. The van der Waals surface area contributed by atoms with Crippen LogP contribution in [0.25, 0.3) is 9.96 Å². The largest absolute Gasteiger partial charge is 4.00 e. The molecule has 0 aromatic rings. The fourth-order valence-corrected chi connectivity index (χ4v) is 12.9. The molecule has 0 aromatic carbocycles. The zero-order chi connectivity index (χ0) is 26.5. The van der Waals surface area contributed by atoms with Gasteiger partial charge in [0.05, 0.1) is 0 Å². The van der Waals surface area contributed by atoms with Crippen molar-refractivity contribution >= 4 is 16.5 Å². The molecular weight excluding hydrogens is 612 g/mol. The number of hydrogen-bond acceptors (Lipinski definition) is 0. The van der Waals surface area contributed by atoms with Crippen LogP contribution in [0, 0.1) is 89.1 Å². The van der Waals surface area contributed by atoms with E-state index in [2.05, 4.69) is 129 Å². The summed E-state index contributed by atoms with van der Waals surface area (Å²) in [4.78, 5) is 10.8. The Hall–Kier alpha value is 0.742. The first-order valence-corrected chi connectivity index (χ1v) is 19.3. The molecule has 0 atom stereocenters. The first-order chi connectivity index (χ1) is 16.6. The Morgan fingerprint density at radius 3 is 1.10 bits per heavy atom. The van der Waals surface area contributed by atoms with Crippen LogP contribution in [0.4, 0.5) is 0 Å². The van der Waals surface area contributed by atoms with Gasteiger partial charge in [0, 0.05) is 23.7 Å². The number of fused-ring (bicyclic) bond motifs is 2. The second kappa shape index (κ2) is 17.6. The van der Waals surface area contributed by atoms with Crippen molar-refractivity contribution in [3.63, 3.8) is 0 Å². The molecule has 224 valence electrons. The van der Waals surface area contributed by atoms with E-state index in [4.69, 9.17) is 9.96 Å². The molecule has 4 aliphatic carbocycles. The van der Waals surface area contributed by atoms with E-state index >= 15 is 0 Å². The molecule has 0 N–H and O–H groups in total. The van der Waals surface area contributed by atoms with Gasteiger partial charge in [0.15, 0.2) is 0 Å². The summed E-state index contributed by atoms with van der Waals surface area (Å²) in [5.41, 5.74) is 2.95. The third kappa shape index (κ3) is 11.2. The van der Waals surface area contributed by atoms with Crippen molar-refractivity contribution in [3.05, 3.63) is 148 Å². The zero-order valence-electron chi connectivity index (χ0n) is 29.1. The predicted molar refractivity (Wildman–Crippen MR) is 187 cm³/mol. The minimum absolute atomic E-state index is 0. The molecule has 2 saturated carbocycles. The Kier molecular flexibility index (Phi) is 19.8. The van der Waals surface area contributed by atoms with Gasteiger partial charge in [-0.1, -0.05) is 133 Å². The van der Waals surface area contributed by atoms with E-state index in [1.165, 1.54) is 46.6 Å². The van der Waals surface area contributed by atoms with E-state index in [1.807, 2.05) is 0 Å². The van der Waals surface area contributed by atoms with Gasteiger partial charge in [0.1, 0.15) is 0 Å². The molecule has 2 fully saturated rings. The maximum atomic E-state index is 5.39. The van der Waals surface area contributed by atoms with Crippen LogP contribution in [-0.4, -0.2) is 27.5 Å². The Bertz CT molecular complexity index is 836. The van der Waals surface area contributed by atoms with Crippen LogP contribution >= 0.6 is 0 Å². The van der Waals surface area contributed by atoms with E-state index in [9.17, 15) is 0 Å². The van der Waals surface area contributed by atoms with Gasteiger partial charge in [-0.05, 0) is 48.6 Å². The second-order valence-electron chi connectivity index (χ2n) is 13.4. The van der Waals surface area contributed by atoms with Crippen LogP contribution in [0.2, 0.25) is 26.2 Å². The van der Waals surface area contributed by atoms with Crippen LogP contribution in [0.1, 0.15) is 54.4 Å². The van der Waals surface area contributed by atoms with Gasteiger partial charge >= 0.3 is 43.4 Å². The number of hydrogen-bond donors (Lipinski definition) is 0. The summed E-state index contributed by atoms with van der Waals surface area (Å²) in [7, 11) is -3.97. The minimum Gasteiger partial charge on any atom is -0.659 e. The molecule has 10 radical (unpaired) electrons. The van der Waals surface area contributed by atoms with Crippen molar-refractivity contribution < 1.29 is 43.4 Å². The van der Waals surface area contributed by atoms with Crippen molar-refractivity contribution in [2.24, 2.45) is 0 Å².